The van der Waals surface area contributed by atoms with Crippen LogP contribution in [0.25, 0.3) is 0 Å². The molecule has 0 aliphatic rings. The molecule has 0 amide bonds. The maximum Gasteiger partial charge on any atom is 3.00 e. The molecule has 21 heavy (non-hydrogen) atoms. The van der Waals surface area contributed by atoms with E-state index in [0.29, 0.717) is 0 Å². The zero-order valence-corrected chi connectivity index (χ0v) is 14.8. The van der Waals surface area contributed by atoms with Crippen molar-refractivity contribution in [2.45, 2.75) is 0 Å². The molecule has 1 nitrogen and oxygen atoms in total. The second-order valence-electron chi connectivity index (χ2n) is 3.23. The van der Waals surface area contributed by atoms with E-state index in [-0.39, 0.29) is 34.9 Å². The Labute approximate surface area is 144 Å². The summed E-state index contributed by atoms with van der Waals surface area (Å²) in [7, 11) is 0. The summed E-state index contributed by atoms with van der Waals surface area (Å²) in [6.07, 6.45) is 0. The second-order valence-corrected chi connectivity index (χ2v) is 3.23. The predicted molar refractivity (Wildman–Crippen MR) is 90.6 cm³/mol. The predicted octanol–water partition coefficient (Wildman–Crippen LogP) is 3.69. The van der Waals surface area contributed by atoms with Gasteiger partial charge in [0.05, 0.1) is 0 Å². The average molecular weight is 386 g/mol. The first-order chi connectivity index (χ1) is 9.00. The van der Waals surface area contributed by atoms with E-state index in [4.69, 9.17) is 0 Å². The van der Waals surface area contributed by atoms with Crippen molar-refractivity contribution < 1.29 is 25.0 Å². The molecule has 0 aromatic heterocycles. The van der Waals surface area contributed by atoms with E-state index >= 15 is 0 Å². The van der Waals surface area contributed by atoms with Crippen molar-refractivity contribution in [1.29, 1.82) is 0 Å². The van der Waals surface area contributed by atoms with Crippen LogP contribution in [0.15, 0.2) is 91.0 Å². The molecule has 0 radical (unpaired) electrons. The van der Waals surface area contributed by atoms with Gasteiger partial charge in [0.1, 0.15) is 0 Å². The SMILES string of the molecule is O.P.[Rh+3].[c-]1ccccc1.[c-]1ccccc1.[c-]1ccccc1. The summed E-state index contributed by atoms with van der Waals surface area (Å²) < 4.78 is 0. The van der Waals surface area contributed by atoms with Gasteiger partial charge in [-0.25, -0.2) is 0 Å². The molecule has 0 heterocycles. The first kappa shape index (κ1) is 24.7. The molecular formula is C18H20OPRh. The minimum absolute atomic E-state index is 0. The number of hydrogen-bond donors (Lipinski definition) is 0. The Morgan fingerprint density at radius 1 is 0.381 bits per heavy atom. The molecule has 3 aromatic carbocycles. The maximum absolute atomic E-state index is 2.89. The summed E-state index contributed by atoms with van der Waals surface area (Å²) in [5, 5.41) is 0. The van der Waals surface area contributed by atoms with E-state index < -0.39 is 0 Å². The maximum atomic E-state index is 2.89. The third kappa shape index (κ3) is 18.7. The molecule has 0 bridgehead atoms. The first-order valence-corrected chi connectivity index (χ1v) is 5.73. The first-order valence-electron chi connectivity index (χ1n) is 5.73. The van der Waals surface area contributed by atoms with Crippen LogP contribution in [0.1, 0.15) is 0 Å². The van der Waals surface area contributed by atoms with Crippen molar-refractivity contribution in [3.63, 3.8) is 0 Å². The summed E-state index contributed by atoms with van der Waals surface area (Å²) in [5.74, 6) is 0. The summed E-state index contributed by atoms with van der Waals surface area (Å²) in [4.78, 5) is 0. The van der Waals surface area contributed by atoms with E-state index in [2.05, 4.69) is 18.2 Å². The standard InChI is InChI=1S/3C6H5.H2O.H3P.Rh/c3*1-2-4-6-5-3-1;;;/h3*1-5H;1H2;1H3;/q3*-1;;;+3. The van der Waals surface area contributed by atoms with Gasteiger partial charge in [-0.2, -0.15) is 119 Å². The van der Waals surface area contributed by atoms with Gasteiger partial charge in [-0.15, -0.1) is 0 Å². The normalized spacial score (nSPS) is 6.86. The fourth-order valence-corrected chi connectivity index (χ4v) is 1.03. The minimum Gasteiger partial charge on any atom is -0.412 e. The Bertz CT molecular complexity index is 308. The molecule has 112 valence electrons. The van der Waals surface area contributed by atoms with Gasteiger partial charge >= 0.3 is 19.5 Å². The zero-order valence-electron chi connectivity index (χ0n) is 11.7. The molecular weight excluding hydrogens is 366 g/mol. The molecule has 0 spiro atoms. The summed E-state index contributed by atoms with van der Waals surface area (Å²) in [6, 6.07) is 37.5. The summed E-state index contributed by atoms with van der Waals surface area (Å²) in [6.45, 7) is 0. The third-order valence-electron chi connectivity index (χ3n) is 1.82. The Balaban J connectivity index is -0.000000216. The molecule has 1 unspecified atom stereocenters. The van der Waals surface area contributed by atoms with Crippen molar-refractivity contribution in [3.8, 4) is 0 Å². The summed E-state index contributed by atoms with van der Waals surface area (Å²) in [5.41, 5.74) is 0. The van der Waals surface area contributed by atoms with Crippen LogP contribution in [-0.2, 0) is 19.5 Å². The molecule has 3 aromatic rings. The van der Waals surface area contributed by atoms with Crippen molar-refractivity contribution >= 4 is 9.90 Å². The van der Waals surface area contributed by atoms with E-state index in [1.54, 1.807) is 0 Å². The second kappa shape index (κ2) is 21.0. The molecule has 0 aliphatic carbocycles. The summed E-state index contributed by atoms with van der Waals surface area (Å²) >= 11 is 0. The van der Waals surface area contributed by atoms with Crippen LogP contribution < -0.4 is 0 Å². The van der Waals surface area contributed by atoms with Gasteiger partial charge < -0.3 is 5.48 Å². The van der Waals surface area contributed by atoms with Crippen molar-refractivity contribution in [2.75, 3.05) is 0 Å². The fourth-order valence-electron chi connectivity index (χ4n) is 1.03. The van der Waals surface area contributed by atoms with Crippen molar-refractivity contribution in [2.24, 2.45) is 0 Å². The minimum atomic E-state index is 0. The van der Waals surface area contributed by atoms with Gasteiger partial charge in [0.2, 0.25) is 0 Å². The monoisotopic (exact) mass is 386 g/mol. The number of rotatable bonds is 0. The Hall–Kier alpha value is -1.33. The van der Waals surface area contributed by atoms with E-state index in [1.165, 1.54) is 0 Å². The smallest absolute Gasteiger partial charge is 0.412 e. The zero-order chi connectivity index (χ0) is 12.7. The van der Waals surface area contributed by atoms with Crippen LogP contribution in [0.4, 0.5) is 0 Å². The van der Waals surface area contributed by atoms with E-state index in [1.807, 2.05) is 91.0 Å². The van der Waals surface area contributed by atoms with Crippen LogP contribution in [0.2, 0.25) is 0 Å². The molecule has 0 aliphatic heterocycles. The van der Waals surface area contributed by atoms with E-state index in [0.717, 1.165) is 0 Å². The average Bonchev–Trinajstić information content (AvgIpc) is 2.54. The van der Waals surface area contributed by atoms with Gasteiger partial charge in [-0.1, -0.05) is 0 Å². The van der Waals surface area contributed by atoms with Gasteiger partial charge in [0.15, 0.2) is 0 Å². The van der Waals surface area contributed by atoms with Crippen LogP contribution >= 0.6 is 9.90 Å². The molecule has 0 saturated carbocycles. The molecule has 2 N–H and O–H groups in total. The van der Waals surface area contributed by atoms with Gasteiger partial charge in [0, 0.05) is 0 Å². The number of hydrogen-bond acceptors (Lipinski definition) is 0. The molecule has 0 saturated heterocycles. The molecule has 0 fully saturated rings. The van der Waals surface area contributed by atoms with Gasteiger partial charge in [-0.3, -0.25) is 0 Å². The third-order valence-corrected chi connectivity index (χ3v) is 1.82. The Morgan fingerprint density at radius 3 is 0.619 bits per heavy atom. The van der Waals surface area contributed by atoms with Gasteiger partial charge in [0.25, 0.3) is 0 Å². The Kier molecular flexibility index (Phi) is 24.7. The topological polar surface area (TPSA) is 31.5 Å². The van der Waals surface area contributed by atoms with Crippen LogP contribution in [0, 0.1) is 18.2 Å². The molecule has 1 atom stereocenters. The quantitative estimate of drug-likeness (QED) is 0.321. The Morgan fingerprint density at radius 2 is 0.571 bits per heavy atom. The van der Waals surface area contributed by atoms with E-state index in [9.17, 15) is 0 Å². The van der Waals surface area contributed by atoms with Crippen molar-refractivity contribution in [3.05, 3.63) is 109 Å². The molecule has 3 heteroatoms. The van der Waals surface area contributed by atoms with Crippen LogP contribution in [0.3, 0.4) is 0 Å². The van der Waals surface area contributed by atoms with Crippen molar-refractivity contribution in [1.82, 2.24) is 0 Å². The fraction of sp³-hybridized carbons (Fsp3) is 0. The number of benzene rings is 3. The molecule has 3 rings (SSSR count). The largest absolute Gasteiger partial charge is 3.00 e. The van der Waals surface area contributed by atoms with Crippen LogP contribution in [-0.4, -0.2) is 5.48 Å². The van der Waals surface area contributed by atoms with Gasteiger partial charge in [-0.05, 0) is 0 Å². The van der Waals surface area contributed by atoms with Crippen LogP contribution in [0.5, 0.6) is 0 Å².